The molecule has 1 nitrogen and oxygen atoms in total. The number of benzene rings is 1. The van der Waals surface area contributed by atoms with E-state index in [-0.39, 0.29) is 0 Å². The molecule has 1 N–H and O–H groups in total. The summed E-state index contributed by atoms with van der Waals surface area (Å²) in [6.45, 7) is 6.58. The van der Waals surface area contributed by atoms with Gasteiger partial charge in [0.25, 0.3) is 0 Å². The quantitative estimate of drug-likeness (QED) is 0.768. The highest BCUT2D eigenvalue weighted by atomic mass is 16.3. The molecule has 0 aliphatic carbocycles. The minimum atomic E-state index is 0.389. The molecule has 0 atom stereocenters. The molecular weight excluding hydrogens is 172 g/mol. The maximum Gasteiger partial charge on any atom is 0.115 e. The van der Waals surface area contributed by atoms with Crippen molar-refractivity contribution in [1.29, 1.82) is 0 Å². The van der Waals surface area contributed by atoms with Crippen LogP contribution in [0.15, 0.2) is 18.2 Å². The molecule has 78 valence electrons. The summed E-state index contributed by atoms with van der Waals surface area (Å²) >= 11 is 0. The lowest BCUT2D eigenvalue weighted by Gasteiger charge is -2.12. The fraction of sp³-hybridized carbons (Fsp3) is 0.538. The molecule has 0 unspecified atom stereocenters. The van der Waals surface area contributed by atoms with Crippen LogP contribution in [-0.2, 0) is 6.42 Å². The Morgan fingerprint density at radius 1 is 1.29 bits per heavy atom. The van der Waals surface area contributed by atoms with Crippen molar-refractivity contribution < 1.29 is 5.11 Å². The van der Waals surface area contributed by atoms with E-state index in [1.54, 1.807) is 6.07 Å². The van der Waals surface area contributed by atoms with Crippen molar-refractivity contribution in [3.05, 3.63) is 29.3 Å². The van der Waals surface area contributed by atoms with Crippen molar-refractivity contribution in [2.45, 2.75) is 46.0 Å². The Morgan fingerprint density at radius 2 is 2.00 bits per heavy atom. The number of phenolic OH excluding ortho intramolecular Hbond substituents is 1. The van der Waals surface area contributed by atoms with Gasteiger partial charge in [0.2, 0.25) is 0 Å². The van der Waals surface area contributed by atoms with Crippen LogP contribution in [0.5, 0.6) is 5.75 Å². The van der Waals surface area contributed by atoms with Crippen LogP contribution in [0, 0.1) is 0 Å². The zero-order chi connectivity index (χ0) is 10.6. The molecule has 0 heterocycles. The van der Waals surface area contributed by atoms with E-state index in [0.717, 1.165) is 6.42 Å². The van der Waals surface area contributed by atoms with Crippen LogP contribution in [0.2, 0.25) is 0 Å². The molecule has 0 fully saturated rings. The number of rotatable bonds is 4. The fourth-order valence-corrected chi connectivity index (χ4v) is 1.74. The van der Waals surface area contributed by atoms with E-state index < -0.39 is 0 Å². The number of aryl methyl sites for hydroxylation is 1. The summed E-state index contributed by atoms with van der Waals surface area (Å²) in [4.78, 5) is 0. The van der Waals surface area contributed by atoms with Crippen LogP contribution in [0.25, 0.3) is 0 Å². The Morgan fingerprint density at radius 3 is 2.57 bits per heavy atom. The smallest absolute Gasteiger partial charge is 0.115 e. The predicted octanol–water partition coefficient (Wildman–Crippen LogP) is 3.86. The van der Waals surface area contributed by atoms with E-state index in [2.05, 4.69) is 20.8 Å². The van der Waals surface area contributed by atoms with Crippen molar-refractivity contribution in [3.63, 3.8) is 0 Å². The average molecular weight is 192 g/mol. The van der Waals surface area contributed by atoms with Gasteiger partial charge in [-0.25, -0.2) is 0 Å². The molecule has 0 aliphatic heterocycles. The van der Waals surface area contributed by atoms with E-state index in [9.17, 15) is 5.11 Å². The van der Waals surface area contributed by atoms with Gasteiger partial charge >= 0.3 is 0 Å². The third kappa shape index (κ3) is 2.76. The molecule has 0 spiro atoms. The van der Waals surface area contributed by atoms with Crippen molar-refractivity contribution >= 4 is 0 Å². The average Bonchev–Trinajstić information content (AvgIpc) is 2.14. The maximum absolute atomic E-state index is 9.42. The first kappa shape index (κ1) is 11.1. The molecule has 1 aromatic rings. The second kappa shape index (κ2) is 5.04. The van der Waals surface area contributed by atoms with Gasteiger partial charge in [-0.1, -0.05) is 33.3 Å². The van der Waals surface area contributed by atoms with E-state index in [0.29, 0.717) is 11.7 Å². The van der Waals surface area contributed by atoms with E-state index in [4.69, 9.17) is 0 Å². The number of unbranched alkanes of at least 4 members (excludes halogenated alkanes) is 1. The highest BCUT2D eigenvalue weighted by Gasteiger charge is 2.06. The van der Waals surface area contributed by atoms with Gasteiger partial charge in [0.05, 0.1) is 0 Å². The van der Waals surface area contributed by atoms with Crippen LogP contribution >= 0.6 is 0 Å². The summed E-state index contributed by atoms with van der Waals surface area (Å²) in [6.07, 6.45) is 3.48. The third-order valence-corrected chi connectivity index (χ3v) is 2.55. The fourth-order valence-electron chi connectivity index (χ4n) is 1.74. The van der Waals surface area contributed by atoms with E-state index in [1.807, 2.05) is 12.1 Å². The van der Waals surface area contributed by atoms with Crippen LogP contribution in [0.3, 0.4) is 0 Å². The molecule has 0 aliphatic rings. The Labute approximate surface area is 86.8 Å². The largest absolute Gasteiger partial charge is 0.508 e. The predicted molar refractivity (Wildman–Crippen MR) is 60.8 cm³/mol. The van der Waals surface area contributed by atoms with Crippen molar-refractivity contribution in [3.8, 4) is 5.75 Å². The Balaban J connectivity index is 2.91. The van der Waals surface area contributed by atoms with Gasteiger partial charge in [0, 0.05) is 0 Å². The molecule has 0 bridgehead atoms. The maximum atomic E-state index is 9.42. The standard InChI is InChI=1S/C13H20O/c1-4-5-6-11-9-12(14)7-8-13(11)10(2)3/h7-10,14H,4-6H2,1-3H3. The molecule has 0 aromatic heterocycles. The number of hydrogen-bond donors (Lipinski definition) is 1. The minimum absolute atomic E-state index is 0.389. The first-order chi connectivity index (χ1) is 6.65. The summed E-state index contributed by atoms with van der Waals surface area (Å²) in [5, 5.41) is 9.42. The van der Waals surface area contributed by atoms with Crippen molar-refractivity contribution in [2.75, 3.05) is 0 Å². The lowest BCUT2D eigenvalue weighted by atomic mass is 9.94. The van der Waals surface area contributed by atoms with Gasteiger partial charge in [0.1, 0.15) is 5.75 Å². The highest BCUT2D eigenvalue weighted by Crippen LogP contribution is 2.24. The number of aromatic hydroxyl groups is 1. The Hall–Kier alpha value is -0.980. The first-order valence-electron chi connectivity index (χ1n) is 5.47. The SMILES string of the molecule is CCCCc1cc(O)ccc1C(C)C. The lowest BCUT2D eigenvalue weighted by Crippen LogP contribution is -1.96. The molecule has 0 amide bonds. The second-order valence-corrected chi connectivity index (χ2v) is 4.14. The zero-order valence-corrected chi connectivity index (χ0v) is 9.38. The summed E-state index contributed by atoms with van der Waals surface area (Å²) in [7, 11) is 0. The van der Waals surface area contributed by atoms with Crippen LogP contribution in [0.4, 0.5) is 0 Å². The molecule has 0 radical (unpaired) electrons. The van der Waals surface area contributed by atoms with E-state index in [1.165, 1.54) is 24.0 Å². The Kier molecular flexibility index (Phi) is 3.99. The molecule has 1 rings (SSSR count). The summed E-state index contributed by atoms with van der Waals surface area (Å²) < 4.78 is 0. The van der Waals surface area contributed by atoms with E-state index >= 15 is 0 Å². The normalized spacial score (nSPS) is 10.9. The Bertz CT molecular complexity index is 289. The number of phenols is 1. The van der Waals surface area contributed by atoms with Gasteiger partial charge in [-0.05, 0) is 42.0 Å². The molecule has 0 saturated carbocycles. The van der Waals surface area contributed by atoms with Gasteiger partial charge in [-0.15, -0.1) is 0 Å². The van der Waals surface area contributed by atoms with Gasteiger partial charge in [-0.2, -0.15) is 0 Å². The van der Waals surface area contributed by atoms with Gasteiger partial charge in [-0.3, -0.25) is 0 Å². The minimum Gasteiger partial charge on any atom is -0.508 e. The second-order valence-electron chi connectivity index (χ2n) is 4.14. The molecule has 1 heteroatoms. The van der Waals surface area contributed by atoms with Gasteiger partial charge in [0.15, 0.2) is 0 Å². The summed E-state index contributed by atoms with van der Waals surface area (Å²) in [6, 6.07) is 5.74. The molecule has 1 aromatic carbocycles. The van der Waals surface area contributed by atoms with Crippen LogP contribution in [-0.4, -0.2) is 5.11 Å². The van der Waals surface area contributed by atoms with Crippen LogP contribution in [0.1, 0.15) is 50.7 Å². The third-order valence-electron chi connectivity index (χ3n) is 2.55. The van der Waals surface area contributed by atoms with Crippen molar-refractivity contribution in [1.82, 2.24) is 0 Å². The molecule has 0 saturated heterocycles. The summed E-state index contributed by atoms with van der Waals surface area (Å²) in [5.41, 5.74) is 2.68. The highest BCUT2D eigenvalue weighted by molar-refractivity contribution is 5.36. The molecule has 14 heavy (non-hydrogen) atoms. The first-order valence-corrected chi connectivity index (χ1v) is 5.47. The monoisotopic (exact) mass is 192 g/mol. The lowest BCUT2D eigenvalue weighted by molar-refractivity contribution is 0.474. The topological polar surface area (TPSA) is 20.2 Å². The zero-order valence-electron chi connectivity index (χ0n) is 9.38. The number of hydrogen-bond acceptors (Lipinski definition) is 1. The van der Waals surface area contributed by atoms with Gasteiger partial charge < -0.3 is 5.11 Å². The molecular formula is C13H20O. The van der Waals surface area contributed by atoms with Crippen molar-refractivity contribution in [2.24, 2.45) is 0 Å². The summed E-state index contributed by atoms with van der Waals surface area (Å²) in [5.74, 6) is 0.933. The van der Waals surface area contributed by atoms with Crippen LogP contribution < -0.4 is 0 Å².